The van der Waals surface area contributed by atoms with Crippen LogP contribution in [-0.2, 0) is 29.1 Å². The molecule has 2 amide bonds. The predicted octanol–water partition coefficient (Wildman–Crippen LogP) is 4.13. The largest absolute Gasteiger partial charge is 0.445 e. The molecule has 0 aliphatic rings. The highest BCUT2D eigenvalue weighted by Crippen LogP contribution is 2.12. The fourth-order valence-electron chi connectivity index (χ4n) is 4.12. The maximum Gasteiger partial charge on any atom is 0.437 e. The average Bonchev–Trinajstić information content (AvgIpc) is 3.29. The zero-order valence-electron chi connectivity index (χ0n) is 23.5. The summed E-state index contributed by atoms with van der Waals surface area (Å²) in [7, 11) is 0. The van der Waals surface area contributed by atoms with Crippen molar-refractivity contribution >= 4 is 17.8 Å². The minimum atomic E-state index is -1.03. The maximum absolute atomic E-state index is 13.4. The van der Waals surface area contributed by atoms with E-state index in [9.17, 15) is 19.2 Å². The molecule has 0 bridgehead atoms. The minimum Gasteiger partial charge on any atom is -0.445 e. The number of hydrogen-bond acceptors (Lipinski definition) is 7. The van der Waals surface area contributed by atoms with Crippen molar-refractivity contribution in [2.24, 2.45) is 11.8 Å². The molecule has 2 atom stereocenters. The molecule has 2 N–H and O–H groups in total. The lowest BCUT2D eigenvalue weighted by Gasteiger charge is -2.23. The van der Waals surface area contributed by atoms with Crippen molar-refractivity contribution in [1.29, 1.82) is 0 Å². The van der Waals surface area contributed by atoms with E-state index in [2.05, 4.69) is 15.7 Å². The Kier molecular flexibility index (Phi) is 11.2. The van der Waals surface area contributed by atoms with Gasteiger partial charge in [0.05, 0.1) is 12.6 Å². The smallest absolute Gasteiger partial charge is 0.437 e. The third-order valence-electron chi connectivity index (χ3n) is 6.08. The molecule has 0 fully saturated rings. The van der Waals surface area contributed by atoms with E-state index in [1.165, 1.54) is 0 Å². The van der Waals surface area contributed by atoms with Crippen LogP contribution in [0.5, 0.6) is 0 Å². The molecule has 40 heavy (non-hydrogen) atoms. The molecular formula is C30H38N4O6. The van der Waals surface area contributed by atoms with Crippen LogP contribution in [0.3, 0.4) is 0 Å². The van der Waals surface area contributed by atoms with Crippen LogP contribution in [0, 0.1) is 11.8 Å². The van der Waals surface area contributed by atoms with E-state index < -0.39 is 35.6 Å². The fourth-order valence-corrected chi connectivity index (χ4v) is 4.12. The second kappa shape index (κ2) is 14.8. The van der Waals surface area contributed by atoms with E-state index in [1.807, 2.05) is 88.4 Å². The van der Waals surface area contributed by atoms with Crippen molar-refractivity contribution in [3.63, 3.8) is 0 Å². The molecule has 0 aliphatic heterocycles. The summed E-state index contributed by atoms with van der Waals surface area (Å²) in [5, 5.41) is 9.48. The molecule has 3 rings (SSSR count). The number of aryl methyl sites for hydroxylation is 1. The highest BCUT2D eigenvalue weighted by molar-refractivity contribution is 5.99. The Labute approximate surface area is 234 Å². The van der Waals surface area contributed by atoms with Crippen molar-refractivity contribution in [1.82, 2.24) is 20.4 Å². The zero-order chi connectivity index (χ0) is 29.1. The minimum absolute atomic E-state index is 0.0545. The standard InChI is InChI=1S/C30H38N4O6/c1-20(2)17-25(32-29(37)39-19-23-13-9-6-10-14-23)27(36)31-24(16-15-22-11-7-5-8-12-22)26(35)28-33-34(18-21(3)4)30(38)40-28/h5-14,20-21,24-25H,15-19H2,1-4H3,(H,31,36)(H,32,37). The van der Waals surface area contributed by atoms with Gasteiger partial charge < -0.3 is 19.8 Å². The Morgan fingerprint density at radius 3 is 2.10 bits per heavy atom. The van der Waals surface area contributed by atoms with Crippen LogP contribution in [0.4, 0.5) is 4.79 Å². The number of hydrogen-bond donors (Lipinski definition) is 2. The van der Waals surface area contributed by atoms with Gasteiger partial charge in [-0.2, -0.15) is 4.68 Å². The quantitative estimate of drug-likeness (QED) is 0.288. The summed E-state index contributed by atoms with van der Waals surface area (Å²) >= 11 is 0. The van der Waals surface area contributed by atoms with Crippen LogP contribution in [0.15, 0.2) is 69.9 Å². The molecule has 0 aliphatic carbocycles. The highest BCUT2D eigenvalue weighted by Gasteiger charge is 2.31. The van der Waals surface area contributed by atoms with Crippen molar-refractivity contribution in [3.05, 3.63) is 88.2 Å². The summed E-state index contributed by atoms with van der Waals surface area (Å²) in [6, 6.07) is 16.7. The second-order valence-corrected chi connectivity index (χ2v) is 10.6. The number of alkyl carbamates (subject to hydrolysis) is 1. The Morgan fingerprint density at radius 1 is 0.875 bits per heavy atom. The summed E-state index contributed by atoms with van der Waals surface area (Å²) in [5.74, 6) is -2.07. The molecule has 214 valence electrons. The summed E-state index contributed by atoms with van der Waals surface area (Å²) in [6.07, 6.45) is 0.303. The summed E-state index contributed by atoms with van der Waals surface area (Å²) in [5.41, 5.74) is 1.79. The van der Waals surface area contributed by atoms with E-state index >= 15 is 0 Å². The first-order valence-electron chi connectivity index (χ1n) is 13.6. The molecule has 1 aromatic heterocycles. The van der Waals surface area contributed by atoms with Crippen LogP contribution in [0.25, 0.3) is 0 Å². The first-order valence-corrected chi connectivity index (χ1v) is 13.6. The van der Waals surface area contributed by atoms with Gasteiger partial charge >= 0.3 is 11.8 Å². The van der Waals surface area contributed by atoms with Crippen LogP contribution >= 0.6 is 0 Å². The highest BCUT2D eigenvalue weighted by atomic mass is 16.5. The number of carbonyl (C=O) groups is 3. The molecule has 2 unspecified atom stereocenters. The van der Waals surface area contributed by atoms with Crippen molar-refractivity contribution in [2.75, 3.05) is 0 Å². The molecule has 0 spiro atoms. The lowest BCUT2D eigenvalue weighted by molar-refractivity contribution is -0.124. The van der Waals surface area contributed by atoms with E-state index in [1.54, 1.807) is 0 Å². The van der Waals surface area contributed by atoms with Crippen LogP contribution in [0.1, 0.15) is 62.3 Å². The topological polar surface area (TPSA) is 133 Å². The third-order valence-corrected chi connectivity index (χ3v) is 6.08. The second-order valence-electron chi connectivity index (χ2n) is 10.6. The Hall–Kier alpha value is -4.21. The number of Topliss-reactive ketones (excluding diaryl/α,β-unsaturated/α-hetero) is 1. The number of ether oxygens (including phenoxy) is 1. The fraction of sp³-hybridized carbons (Fsp3) is 0.433. The zero-order valence-corrected chi connectivity index (χ0v) is 23.5. The summed E-state index contributed by atoms with van der Waals surface area (Å²) in [4.78, 5) is 51.7. The lowest BCUT2D eigenvalue weighted by atomic mass is 9.99. The number of nitrogens with one attached hydrogen (secondary N) is 2. The number of amides is 2. The Bertz CT molecular complexity index is 1300. The molecule has 0 saturated carbocycles. The van der Waals surface area contributed by atoms with Gasteiger partial charge in [-0.1, -0.05) is 88.4 Å². The summed E-state index contributed by atoms with van der Waals surface area (Å²) in [6.45, 7) is 8.02. The number of rotatable bonds is 14. The number of ketones is 1. The third kappa shape index (κ3) is 9.52. The number of aromatic nitrogens is 2. The van der Waals surface area contributed by atoms with Gasteiger partial charge in [-0.25, -0.2) is 9.59 Å². The number of carbonyl (C=O) groups excluding carboxylic acids is 3. The predicted molar refractivity (Wildman–Crippen MR) is 150 cm³/mol. The first kappa shape index (κ1) is 30.3. The molecule has 3 aromatic rings. The van der Waals surface area contributed by atoms with Crippen molar-refractivity contribution < 1.29 is 23.5 Å². The van der Waals surface area contributed by atoms with E-state index in [4.69, 9.17) is 9.15 Å². The van der Waals surface area contributed by atoms with Gasteiger partial charge in [0.25, 0.3) is 5.89 Å². The number of benzene rings is 2. The van der Waals surface area contributed by atoms with E-state index in [0.717, 1.165) is 15.8 Å². The molecule has 10 heteroatoms. The van der Waals surface area contributed by atoms with Gasteiger partial charge in [0.1, 0.15) is 12.6 Å². The van der Waals surface area contributed by atoms with Crippen molar-refractivity contribution in [2.45, 2.75) is 72.2 Å². The molecule has 10 nitrogen and oxygen atoms in total. The SMILES string of the molecule is CC(C)CC(NC(=O)OCc1ccccc1)C(=O)NC(CCc1ccccc1)C(=O)c1nn(CC(C)C)c(=O)o1. The van der Waals surface area contributed by atoms with Gasteiger partial charge in [0.15, 0.2) is 0 Å². The van der Waals surface area contributed by atoms with E-state index in [-0.39, 0.29) is 30.8 Å². The first-order chi connectivity index (χ1) is 19.1. The van der Waals surface area contributed by atoms with Gasteiger partial charge in [-0.15, -0.1) is 5.10 Å². The molecule has 0 saturated heterocycles. The van der Waals surface area contributed by atoms with Gasteiger partial charge in [-0.3, -0.25) is 9.59 Å². The van der Waals surface area contributed by atoms with Crippen molar-refractivity contribution in [3.8, 4) is 0 Å². The van der Waals surface area contributed by atoms with Gasteiger partial charge in [0.2, 0.25) is 11.7 Å². The normalized spacial score (nSPS) is 12.7. The van der Waals surface area contributed by atoms with Crippen LogP contribution in [0.2, 0.25) is 0 Å². The number of nitrogens with zero attached hydrogens (tertiary/aromatic N) is 2. The van der Waals surface area contributed by atoms with E-state index in [0.29, 0.717) is 19.4 Å². The maximum atomic E-state index is 13.4. The monoisotopic (exact) mass is 550 g/mol. The molecule has 0 radical (unpaired) electrons. The Morgan fingerprint density at radius 2 is 1.50 bits per heavy atom. The van der Waals surface area contributed by atoms with Gasteiger partial charge in [0, 0.05) is 0 Å². The summed E-state index contributed by atoms with van der Waals surface area (Å²) < 4.78 is 11.6. The van der Waals surface area contributed by atoms with Crippen LogP contribution < -0.4 is 16.4 Å². The lowest BCUT2D eigenvalue weighted by Crippen LogP contribution is -2.52. The molecular weight excluding hydrogens is 512 g/mol. The Balaban J connectivity index is 1.75. The van der Waals surface area contributed by atoms with Gasteiger partial charge in [-0.05, 0) is 42.2 Å². The van der Waals surface area contributed by atoms with Crippen LogP contribution in [-0.4, -0.2) is 39.6 Å². The average molecular weight is 551 g/mol. The molecule has 1 heterocycles. The molecule has 2 aromatic carbocycles.